The monoisotopic (exact) mass is 341 g/mol. The molecule has 1 heterocycles. The average molecular weight is 341 g/mol. The van der Waals surface area contributed by atoms with Crippen molar-refractivity contribution in [2.45, 2.75) is 6.42 Å². The van der Waals surface area contributed by atoms with Crippen LogP contribution in [0.4, 0.5) is 0 Å². The Kier molecular flexibility index (Phi) is 4.23. The lowest BCUT2D eigenvalue weighted by Crippen LogP contribution is -2.19. The predicted octanol–water partition coefficient (Wildman–Crippen LogP) is 4.02. The van der Waals surface area contributed by atoms with Gasteiger partial charge >= 0.3 is 0 Å². The summed E-state index contributed by atoms with van der Waals surface area (Å²) < 4.78 is 2.19. The minimum atomic E-state index is -0.126. The smallest absolute Gasteiger partial charge is 0.244 e. The minimum absolute atomic E-state index is 0.126. The second kappa shape index (κ2) is 6.84. The Morgan fingerprint density at radius 1 is 0.962 bits per heavy atom. The fraction of sp³-hybridized carbons (Fsp3) is 0.0909. The number of nitrogens with zero attached hydrogens (tertiary/aromatic N) is 2. The fourth-order valence-electron chi connectivity index (χ4n) is 3.27. The van der Waals surface area contributed by atoms with Gasteiger partial charge in [-0.15, -0.1) is 0 Å². The van der Waals surface area contributed by atoms with Crippen LogP contribution in [-0.2, 0) is 18.3 Å². The summed E-state index contributed by atoms with van der Waals surface area (Å²) in [4.78, 5) is 12.0. The number of hydrogen-bond donors (Lipinski definition) is 1. The van der Waals surface area contributed by atoms with Crippen molar-refractivity contribution in [3.05, 3.63) is 83.9 Å². The maximum atomic E-state index is 12.0. The lowest BCUT2D eigenvalue weighted by Gasteiger charge is -2.00. The topological polar surface area (TPSA) is 46.4 Å². The number of amides is 1. The first-order valence-corrected chi connectivity index (χ1v) is 8.55. The standard InChI is InChI=1S/C22H19N3O/c1-25-20-10-6-5-9-18(20)19-13-17(11-12-21(19)25)15-23-24-22(26)14-16-7-3-2-4-8-16/h2-13,15H,14H2,1H3,(H,24,26). The Morgan fingerprint density at radius 3 is 2.54 bits per heavy atom. The van der Waals surface area contributed by atoms with Gasteiger partial charge in [0.1, 0.15) is 0 Å². The van der Waals surface area contributed by atoms with Crippen molar-refractivity contribution in [3.63, 3.8) is 0 Å². The van der Waals surface area contributed by atoms with Gasteiger partial charge in [-0.2, -0.15) is 5.10 Å². The normalized spacial score (nSPS) is 11.4. The molecule has 4 heteroatoms. The van der Waals surface area contributed by atoms with Crippen LogP contribution in [0, 0.1) is 0 Å². The van der Waals surface area contributed by atoms with Crippen LogP contribution in [0.25, 0.3) is 21.8 Å². The third kappa shape index (κ3) is 3.09. The average Bonchev–Trinajstić information content (AvgIpc) is 2.95. The number of benzene rings is 3. The molecule has 0 saturated carbocycles. The minimum Gasteiger partial charge on any atom is -0.344 e. The van der Waals surface area contributed by atoms with E-state index in [4.69, 9.17) is 0 Å². The van der Waals surface area contributed by atoms with Crippen LogP contribution in [0.3, 0.4) is 0 Å². The van der Waals surface area contributed by atoms with E-state index in [9.17, 15) is 4.79 Å². The van der Waals surface area contributed by atoms with E-state index in [1.54, 1.807) is 6.21 Å². The molecular weight excluding hydrogens is 322 g/mol. The molecule has 1 amide bonds. The zero-order valence-corrected chi connectivity index (χ0v) is 14.5. The maximum absolute atomic E-state index is 12.0. The fourth-order valence-corrected chi connectivity index (χ4v) is 3.27. The Labute approximate surface area is 151 Å². The molecule has 0 bridgehead atoms. The van der Waals surface area contributed by atoms with Crippen molar-refractivity contribution < 1.29 is 4.79 Å². The summed E-state index contributed by atoms with van der Waals surface area (Å²) in [5, 5.41) is 6.50. The van der Waals surface area contributed by atoms with Crippen LogP contribution in [0.5, 0.6) is 0 Å². The van der Waals surface area contributed by atoms with Gasteiger partial charge in [-0.25, -0.2) is 5.43 Å². The number of rotatable bonds is 4. The number of fused-ring (bicyclic) bond motifs is 3. The van der Waals surface area contributed by atoms with E-state index in [1.807, 2.05) is 48.5 Å². The van der Waals surface area contributed by atoms with Crippen LogP contribution in [0.15, 0.2) is 77.9 Å². The SMILES string of the molecule is Cn1c2ccccc2c2cc(C=NNC(=O)Cc3ccccc3)ccc21. The highest BCUT2D eigenvalue weighted by atomic mass is 16.2. The molecule has 1 N–H and O–H groups in total. The largest absolute Gasteiger partial charge is 0.344 e. The lowest BCUT2D eigenvalue weighted by atomic mass is 10.1. The molecule has 4 nitrogen and oxygen atoms in total. The molecule has 26 heavy (non-hydrogen) atoms. The van der Waals surface area contributed by atoms with Gasteiger partial charge in [0, 0.05) is 28.9 Å². The first-order chi connectivity index (χ1) is 12.7. The zero-order chi connectivity index (χ0) is 17.9. The Morgan fingerprint density at radius 2 is 1.69 bits per heavy atom. The van der Waals surface area contributed by atoms with E-state index in [0.717, 1.165) is 11.1 Å². The van der Waals surface area contributed by atoms with Crippen molar-refractivity contribution in [1.82, 2.24) is 9.99 Å². The van der Waals surface area contributed by atoms with Crippen molar-refractivity contribution in [3.8, 4) is 0 Å². The van der Waals surface area contributed by atoms with Crippen molar-refractivity contribution in [2.75, 3.05) is 0 Å². The van der Waals surface area contributed by atoms with E-state index in [-0.39, 0.29) is 5.91 Å². The molecule has 3 aromatic carbocycles. The summed E-state index contributed by atoms with van der Waals surface area (Å²) in [6, 6.07) is 24.2. The summed E-state index contributed by atoms with van der Waals surface area (Å²) in [6.07, 6.45) is 2.00. The van der Waals surface area contributed by atoms with Gasteiger partial charge in [0.05, 0.1) is 12.6 Å². The first kappa shape index (κ1) is 16.1. The van der Waals surface area contributed by atoms with Crippen molar-refractivity contribution in [1.29, 1.82) is 0 Å². The van der Waals surface area contributed by atoms with Crippen LogP contribution in [-0.4, -0.2) is 16.7 Å². The highest BCUT2D eigenvalue weighted by Crippen LogP contribution is 2.28. The molecule has 0 aliphatic rings. The quantitative estimate of drug-likeness (QED) is 0.442. The third-order valence-electron chi connectivity index (χ3n) is 4.55. The molecule has 0 fully saturated rings. The number of carbonyl (C=O) groups excluding carboxylic acids is 1. The van der Waals surface area contributed by atoms with Crippen molar-refractivity contribution in [2.24, 2.45) is 12.1 Å². The highest BCUT2D eigenvalue weighted by Gasteiger charge is 2.07. The Bertz CT molecular complexity index is 1110. The van der Waals surface area contributed by atoms with E-state index < -0.39 is 0 Å². The summed E-state index contributed by atoms with van der Waals surface area (Å²) >= 11 is 0. The van der Waals surface area contributed by atoms with E-state index >= 15 is 0 Å². The molecule has 4 rings (SSSR count). The number of aromatic nitrogens is 1. The second-order valence-corrected chi connectivity index (χ2v) is 6.31. The van der Waals surface area contributed by atoms with E-state index in [0.29, 0.717) is 6.42 Å². The molecule has 4 aromatic rings. The number of para-hydroxylation sites is 1. The molecule has 1 aromatic heterocycles. The summed E-state index contributed by atoms with van der Waals surface area (Å²) in [5.74, 6) is -0.126. The van der Waals surface area contributed by atoms with Gasteiger partial charge in [0.15, 0.2) is 0 Å². The van der Waals surface area contributed by atoms with Crippen LogP contribution >= 0.6 is 0 Å². The molecule has 0 aliphatic heterocycles. The molecule has 0 aliphatic carbocycles. The molecule has 0 atom stereocenters. The lowest BCUT2D eigenvalue weighted by molar-refractivity contribution is -0.120. The van der Waals surface area contributed by atoms with Crippen LogP contribution in [0.2, 0.25) is 0 Å². The van der Waals surface area contributed by atoms with Gasteiger partial charge in [-0.3, -0.25) is 4.79 Å². The third-order valence-corrected chi connectivity index (χ3v) is 4.55. The molecule has 0 unspecified atom stereocenters. The van der Waals surface area contributed by atoms with Gasteiger partial charge in [0.2, 0.25) is 5.91 Å². The van der Waals surface area contributed by atoms with Gasteiger partial charge in [-0.05, 0) is 29.3 Å². The first-order valence-electron chi connectivity index (χ1n) is 8.55. The van der Waals surface area contributed by atoms with Crippen LogP contribution < -0.4 is 5.43 Å². The summed E-state index contributed by atoms with van der Waals surface area (Å²) in [5.41, 5.74) is 6.90. The maximum Gasteiger partial charge on any atom is 0.244 e. The van der Waals surface area contributed by atoms with E-state index in [1.165, 1.54) is 21.8 Å². The number of carbonyl (C=O) groups is 1. The summed E-state index contributed by atoms with van der Waals surface area (Å²) in [6.45, 7) is 0. The Balaban J connectivity index is 1.53. The number of hydrogen-bond acceptors (Lipinski definition) is 2. The number of nitrogens with one attached hydrogen (secondary N) is 1. The van der Waals surface area contributed by atoms with Crippen LogP contribution in [0.1, 0.15) is 11.1 Å². The second-order valence-electron chi connectivity index (χ2n) is 6.31. The number of hydrazone groups is 1. The molecule has 128 valence electrons. The predicted molar refractivity (Wildman–Crippen MR) is 106 cm³/mol. The zero-order valence-electron chi connectivity index (χ0n) is 14.5. The van der Waals surface area contributed by atoms with Gasteiger partial charge < -0.3 is 4.57 Å². The summed E-state index contributed by atoms with van der Waals surface area (Å²) in [7, 11) is 2.07. The Hall–Kier alpha value is -3.40. The molecule has 0 spiro atoms. The molecule has 0 saturated heterocycles. The van der Waals surface area contributed by atoms with Gasteiger partial charge in [-0.1, -0.05) is 54.6 Å². The highest BCUT2D eigenvalue weighted by molar-refractivity contribution is 6.09. The van der Waals surface area contributed by atoms with Gasteiger partial charge in [0.25, 0.3) is 0 Å². The molecule has 0 radical (unpaired) electrons. The molecular formula is C22H19N3O. The number of aryl methyl sites for hydroxylation is 1. The van der Waals surface area contributed by atoms with Crippen molar-refractivity contribution >= 4 is 33.9 Å². The van der Waals surface area contributed by atoms with E-state index in [2.05, 4.69) is 46.4 Å².